The first kappa shape index (κ1) is 22.4. The van der Waals surface area contributed by atoms with Crippen LogP contribution in [0.25, 0.3) is 0 Å². The number of likely N-dealkylation sites (tertiary alicyclic amines) is 1. The molecule has 0 radical (unpaired) electrons. The van der Waals surface area contributed by atoms with E-state index in [4.69, 9.17) is 21.1 Å². The number of rotatable bonds is 8. The highest BCUT2D eigenvalue weighted by Gasteiger charge is 2.27. The molecule has 1 heterocycles. The number of carbonyl (C=O) groups excluding carboxylic acids is 1. The molecule has 1 saturated heterocycles. The van der Waals surface area contributed by atoms with Gasteiger partial charge >= 0.3 is 6.09 Å². The van der Waals surface area contributed by atoms with Gasteiger partial charge in [0.05, 0.1) is 0 Å². The van der Waals surface area contributed by atoms with E-state index < -0.39 is 0 Å². The van der Waals surface area contributed by atoms with Gasteiger partial charge < -0.3 is 19.3 Å². The molecule has 29 heavy (non-hydrogen) atoms. The summed E-state index contributed by atoms with van der Waals surface area (Å²) in [6.45, 7) is 5.42. The third-order valence-electron chi connectivity index (χ3n) is 6.24. The molecule has 0 N–H and O–H groups in total. The predicted octanol–water partition coefficient (Wildman–Crippen LogP) is 5.22. The maximum atomic E-state index is 12.4. The number of ether oxygens (including phenoxy) is 2. The van der Waals surface area contributed by atoms with Crippen LogP contribution in [0.3, 0.4) is 0 Å². The minimum absolute atomic E-state index is 0.241. The Balaban J connectivity index is 1.28. The van der Waals surface area contributed by atoms with Gasteiger partial charge in [-0.15, -0.1) is 0 Å². The lowest BCUT2D eigenvalue weighted by Gasteiger charge is -2.34. The van der Waals surface area contributed by atoms with Crippen molar-refractivity contribution in [1.29, 1.82) is 0 Å². The largest absolute Gasteiger partial charge is 0.415 e. The van der Waals surface area contributed by atoms with E-state index in [0.717, 1.165) is 45.3 Å². The summed E-state index contributed by atoms with van der Waals surface area (Å²) in [5.41, 5.74) is 0. The number of benzene rings is 1. The summed E-state index contributed by atoms with van der Waals surface area (Å²) in [6.07, 6.45) is 9.16. The Kier molecular flexibility index (Phi) is 9.09. The molecule has 0 spiro atoms. The first-order valence-corrected chi connectivity index (χ1v) is 11.5. The van der Waals surface area contributed by atoms with E-state index in [1.54, 1.807) is 29.2 Å². The van der Waals surface area contributed by atoms with Gasteiger partial charge in [0.2, 0.25) is 0 Å². The normalized spacial score (nSPS) is 23.0. The molecule has 1 amide bonds. The van der Waals surface area contributed by atoms with Crippen LogP contribution in [0.4, 0.5) is 4.79 Å². The maximum absolute atomic E-state index is 12.4. The maximum Gasteiger partial charge on any atom is 0.415 e. The lowest BCUT2D eigenvalue weighted by Crippen LogP contribution is -2.41. The zero-order valence-electron chi connectivity index (χ0n) is 17.7. The van der Waals surface area contributed by atoms with Gasteiger partial charge in [-0.2, -0.15) is 0 Å². The van der Waals surface area contributed by atoms with Gasteiger partial charge in [0, 0.05) is 37.9 Å². The number of nitrogens with zero attached hydrogens (tertiary/aromatic N) is 2. The van der Waals surface area contributed by atoms with Crippen LogP contribution in [0.15, 0.2) is 24.3 Å². The van der Waals surface area contributed by atoms with Crippen LogP contribution >= 0.6 is 11.6 Å². The van der Waals surface area contributed by atoms with E-state index in [1.807, 2.05) is 7.05 Å². The Morgan fingerprint density at radius 2 is 1.79 bits per heavy atom. The summed E-state index contributed by atoms with van der Waals surface area (Å²) < 4.78 is 11.4. The highest BCUT2D eigenvalue weighted by atomic mass is 35.5. The second-order valence-corrected chi connectivity index (χ2v) is 8.87. The Morgan fingerprint density at radius 1 is 1.10 bits per heavy atom. The van der Waals surface area contributed by atoms with Crippen LogP contribution in [0.1, 0.15) is 51.4 Å². The van der Waals surface area contributed by atoms with Crippen molar-refractivity contribution in [3.05, 3.63) is 29.3 Å². The lowest BCUT2D eigenvalue weighted by atomic mass is 9.86. The number of halogens is 1. The molecule has 0 aromatic heterocycles. The summed E-state index contributed by atoms with van der Waals surface area (Å²) in [6, 6.07) is 7.12. The molecule has 2 aliphatic rings. The Morgan fingerprint density at radius 3 is 2.48 bits per heavy atom. The smallest absolute Gasteiger partial charge is 0.410 e. The minimum atomic E-state index is -0.301. The second kappa shape index (κ2) is 11.8. The van der Waals surface area contributed by atoms with Crippen LogP contribution in [0, 0.1) is 5.92 Å². The van der Waals surface area contributed by atoms with Gasteiger partial charge in [0.25, 0.3) is 0 Å². The first-order chi connectivity index (χ1) is 14.1. The number of amides is 1. The van der Waals surface area contributed by atoms with E-state index in [1.165, 1.54) is 38.9 Å². The molecule has 0 atom stereocenters. The Bertz CT molecular complexity index is 611. The molecule has 1 aliphatic heterocycles. The molecule has 162 valence electrons. The fourth-order valence-corrected chi connectivity index (χ4v) is 4.47. The van der Waals surface area contributed by atoms with Crippen molar-refractivity contribution >= 4 is 17.7 Å². The van der Waals surface area contributed by atoms with Crippen LogP contribution in [-0.4, -0.2) is 61.8 Å². The summed E-state index contributed by atoms with van der Waals surface area (Å²) >= 11 is 5.87. The molecular formula is C23H35ClN2O3. The Hall–Kier alpha value is -1.30. The Labute approximate surface area is 180 Å². The van der Waals surface area contributed by atoms with Crippen molar-refractivity contribution in [2.24, 2.45) is 5.92 Å². The molecule has 1 aromatic carbocycles. The summed E-state index contributed by atoms with van der Waals surface area (Å²) in [5, 5.41) is 0.630. The molecule has 1 aliphatic carbocycles. The van der Waals surface area contributed by atoms with Gasteiger partial charge in [-0.25, -0.2) is 4.79 Å². The second-order valence-electron chi connectivity index (χ2n) is 8.44. The zero-order valence-corrected chi connectivity index (χ0v) is 18.4. The van der Waals surface area contributed by atoms with Gasteiger partial charge in [-0.3, -0.25) is 0 Å². The molecule has 3 rings (SSSR count). The van der Waals surface area contributed by atoms with Crippen LogP contribution in [0.2, 0.25) is 5.02 Å². The summed E-state index contributed by atoms with van der Waals surface area (Å²) in [7, 11) is 1.83. The molecule has 1 aromatic rings. The van der Waals surface area contributed by atoms with Gasteiger partial charge in [0.15, 0.2) is 0 Å². The van der Waals surface area contributed by atoms with Crippen molar-refractivity contribution in [2.45, 2.75) is 57.4 Å². The number of hydrogen-bond acceptors (Lipinski definition) is 4. The average Bonchev–Trinajstić information content (AvgIpc) is 2.76. The quantitative estimate of drug-likeness (QED) is 0.538. The van der Waals surface area contributed by atoms with Crippen molar-refractivity contribution in [3.63, 3.8) is 0 Å². The zero-order chi connectivity index (χ0) is 20.5. The highest BCUT2D eigenvalue weighted by Crippen LogP contribution is 2.28. The van der Waals surface area contributed by atoms with E-state index in [9.17, 15) is 4.79 Å². The van der Waals surface area contributed by atoms with Crippen LogP contribution < -0.4 is 4.74 Å². The first-order valence-electron chi connectivity index (χ1n) is 11.1. The molecule has 0 unspecified atom stereocenters. The van der Waals surface area contributed by atoms with Crippen molar-refractivity contribution < 1.29 is 14.3 Å². The monoisotopic (exact) mass is 422 g/mol. The third kappa shape index (κ3) is 7.47. The fourth-order valence-electron chi connectivity index (χ4n) is 4.35. The SMILES string of the molecule is CN(C(=O)Oc1ccc(Cl)cc1)[C@H]1CC[C@H](COCCCN2CCCCC2)CC1. The molecule has 6 heteroatoms. The molecule has 2 fully saturated rings. The average molecular weight is 423 g/mol. The number of hydrogen-bond donors (Lipinski definition) is 0. The van der Waals surface area contributed by atoms with E-state index in [0.29, 0.717) is 16.7 Å². The van der Waals surface area contributed by atoms with E-state index in [2.05, 4.69) is 4.90 Å². The summed E-state index contributed by atoms with van der Waals surface area (Å²) in [4.78, 5) is 16.7. The summed E-state index contributed by atoms with van der Waals surface area (Å²) in [5.74, 6) is 1.14. The van der Waals surface area contributed by atoms with Gasteiger partial charge in [-0.1, -0.05) is 18.0 Å². The minimum Gasteiger partial charge on any atom is -0.410 e. The van der Waals surface area contributed by atoms with Gasteiger partial charge in [0.1, 0.15) is 5.75 Å². The fraction of sp³-hybridized carbons (Fsp3) is 0.696. The molecular weight excluding hydrogens is 388 g/mol. The van der Waals surface area contributed by atoms with Crippen molar-refractivity contribution in [2.75, 3.05) is 39.9 Å². The van der Waals surface area contributed by atoms with Gasteiger partial charge in [-0.05, 0) is 88.2 Å². The third-order valence-corrected chi connectivity index (χ3v) is 6.49. The molecule has 5 nitrogen and oxygen atoms in total. The van der Waals surface area contributed by atoms with Crippen LogP contribution in [-0.2, 0) is 4.74 Å². The predicted molar refractivity (Wildman–Crippen MR) is 117 cm³/mol. The lowest BCUT2D eigenvalue weighted by molar-refractivity contribution is 0.0622. The van der Waals surface area contributed by atoms with Crippen molar-refractivity contribution in [1.82, 2.24) is 9.80 Å². The van der Waals surface area contributed by atoms with Crippen molar-refractivity contribution in [3.8, 4) is 5.75 Å². The number of piperidine rings is 1. The topological polar surface area (TPSA) is 42.0 Å². The number of carbonyl (C=O) groups is 1. The van der Waals surface area contributed by atoms with E-state index >= 15 is 0 Å². The van der Waals surface area contributed by atoms with E-state index in [-0.39, 0.29) is 12.1 Å². The molecule has 1 saturated carbocycles. The standard InChI is InChI=1S/C23H35ClN2O3/c1-25(23(27)29-22-12-8-20(24)9-13-22)21-10-6-19(7-11-21)18-28-17-5-16-26-14-3-2-4-15-26/h8-9,12-13,19,21H,2-7,10-11,14-18H2,1H3/t19-,21-. The molecule has 0 bridgehead atoms. The highest BCUT2D eigenvalue weighted by molar-refractivity contribution is 6.30. The van der Waals surface area contributed by atoms with Crippen LogP contribution in [0.5, 0.6) is 5.75 Å².